The summed E-state index contributed by atoms with van der Waals surface area (Å²) < 4.78 is 0. The number of hydrogen-bond acceptors (Lipinski definition) is 2. The van der Waals surface area contributed by atoms with Gasteiger partial charge in [-0.2, -0.15) is 0 Å². The molecule has 0 spiro atoms. The molecule has 32 heavy (non-hydrogen) atoms. The number of phenols is 2. The fourth-order valence-electron chi connectivity index (χ4n) is 11.0. The molecule has 10 rings (SSSR count). The third-order valence-electron chi connectivity index (χ3n) is 11.3. The maximum Gasteiger partial charge on any atom is 0.127 e. The molecular formula is C30H36O2. The first-order valence-corrected chi connectivity index (χ1v) is 13.5. The van der Waals surface area contributed by atoms with Gasteiger partial charge in [0.25, 0.3) is 0 Å². The minimum absolute atomic E-state index is 0.180. The molecule has 8 aliphatic rings. The van der Waals surface area contributed by atoms with E-state index in [4.69, 9.17) is 0 Å². The number of benzene rings is 2. The van der Waals surface area contributed by atoms with Gasteiger partial charge in [0.2, 0.25) is 0 Å². The molecule has 2 N–H and O–H groups in total. The molecule has 0 amide bonds. The lowest BCUT2D eigenvalue weighted by atomic mass is 9.47. The zero-order valence-corrected chi connectivity index (χ0v) is 19.2. The van der Waals surface area contributed by atoms with E-state index >= 15 is 0 Å². The Labute approximate surface area is 191 Å². The van der Waals surface area contributed by atoms with Crippen LogP contribution in [0.15, 0.2) is 24.3 Å². The minimum Gasteiger partial charge on any atom is -0.507 e. The van der Waals surface area contributed by atoms with Crippen molar-refractivity contribution in [3.63, 3.8) is 0 Å². The Morgan fingerprint density at radius 1 is 0.562 bits per heavy atom. The largest absolute Gasteiger partial charge is 0.507 e. The van der Waals surface area contributed by atoms with E-state index in [0.29, 0.717) is 11.5 Å². The first kappa shape index (κ1) is 18.7. The number of fused-ring (bicyclic) bond motifs is 1. The van der Waals surface area contributed by atoms with Gasteiger partial charge < -0.3 is 10.2 Å². The maximum atomic E-state index is 11.7. The SMILES string of the molecule is Oc1cc(C23CC4CC(CC(C4)C2)C3)cc2c(O)c(C34CC5CC(CC(C5)C3)C4)ccc12. The molecule has 8 fully saturated rings. The monoisotopic (exact) mass is 428 g/mol. The lowest BCUT2D eigenvalue weighted by Gasteiger charge is -2.57. The molecule has 2 aromatic rings. The summed E-state index contributed by atoms with van der Waals surface area (Å²) in [7, 11) is 0. The minimum atomic E-state index is 0.180. The van der Waals surface area contributed by atoms with Crippen LogP contribution in [0.5, 0.6) is 11.5 Å². The molecule has 2 heteroatoms. The van der Waals surface area contributed by atoms with Crippen molar-refractivity contribution in [3.05, 3.63) is 35.4 Å². The highest BCUT2D eigenvalue weighted by Crippen LogP contribution is 2.64. The molecular weight excluding hydrogens is 392 g/mol. The molecule has 0 aliphatic heterocycles. The first-order valence-electron chi connectivity index (χ1n) is 13.5. The van der Waals surface area contributed by atoms with Gasteiger partial charge in [-0.1, -0.05) is 12.1 Å². The quantitative estimate of drug-likeness (QED) is 0.531. The van der Waals surface area contributed by atoms with Crippen LogP contribution in [0.25, 0.3) is 10.8 Å². The van der Waals surface area contributed by atoms with Gasteiger partial charge >= 0.3 is 0 Å². The van der Waals surface area contributed by atoms with Crippen molar-refractivity contribution < 1.29 is 10.2 Å². The maximum absolute atomic E-state index is 11.7. The van der Waals surface area contributed by atoms with Gasteiger partial charge in [0.1, 0.15) is 11.5 Å². The third kappa shape index (κ3) is 2.42. The highest BCUT2D eigenvalue weighted by molar-refractivity contribution is 5.95. The second-order valence-corrected chi connectivity index (χ2v) is 13.4. The molecule has 0 atom stereocenters. The summed E-state index contributed by atoms with van der Waals surface area (Å²) in [5.74, 6) is 6.10. The van der Waals surface area contributed by atoms with Crippen LogP contribution in [0.2, 0.25) is 0 Å². The van der Waals surface area contributed by atoms with Crippen molar-refractivity contribution in [2.75, 3.05) is 0 Å². The topological polar surface area (TPSA) is 40.5 Å². The third-order valence-corrected chi connectivity index (χ3v) is 11.3. The van der Waals surface area contributed by atoms with Crippen molar-refractivity contribution >= 4 is 10.8 Å². The fraction of sp³-hybridized carbons (Fsp3) is 0.667. The number of hydrogen-bond donors (Lipinski definition) is 2. The van der Waals surface area contributed by atoms with Crippen LogP contribution in [-0.4, -0.2) is 10.2 Å². The predicted molar refractivity (Wildman–Crippen MR) is 127 cm³/mol. The van der Waals surface area contributed by atoms with Gasteiger partial charge in [-0.3, -0.25) is 0 Å². The summed E-state index contributed by atoms with van der Waals surface area (Å²) >= 11 is 0. The Hall–Kier alpha value is -1.70. The average Bonchev–Trinajstić information content (AvgIpc) is 2.72. The Morgan fingerprint density at radius 2 is 1.03 bits per heavy atom. The first-order chi connectivity index (χ1) is 15.5. The van der Waals surface area contributed by atoms with Crippen LogP contribution in [0, 0.1) is 35.5 Å². The summed E-state index contributed by atoms with van der Waals surface area (Å²) in [5, 5.41) is 24.6. The zero-order valence-electron chi connectivity index (χ0n) is 19.2. The van der Waals surface area contributed by atoms with Gasteiger partial charge in [0, 0.05) is 16.3 Å². The van der Waals surface area contributed by atoms with E-state index < -0.39 is 0 Å². The van der Waals surface area contributed by atoms with E-state index in [0.717, 1.165) is 46.3 Å². The van der Waals surface area contributed by atoms with E-state index in [1.165, 1.54) is 88.2 Å². The van der Waals surface area contributed by atoms with E-state index in [2.05, 4.69) is 24.3 Å². The number of rotatable bonds is 2. The van der Waals surface area contributed by atoms with Crippen molar-refractivity contribution in [3.8, 4) is 11.5 Å². The summed E-state index contributed by atoms with van der Waals surface area (Å²) in [5.41, 5.74) is 2.94. The molecule has 8 saturated carbocycles. The van der Waals surface area contributed by atoms with E-state index in [9.17, 15) is 10.2 Å². The smallest absolute Gasteiger partial charge is 0.127 e. The Bertz CT molecular complexity index is 1060. The normalized spacial score (nSPS) is 45.8. The van der Waals surface area contributed by atoms with Crippen molar-refractivity contribution in [2.45, 2.75) is 87.9 Å². The molecule has 0 saturated heterocycles. The van der Waals surface area contributed by atoms with Crippen LogP contribution in [0.4, 0.5) is 0 Å². The fourth-order valence-corrected chi connectivity index (χ4v) is 11.0. The lowest BCUT2D eigenvalue weighted by molar-refractivity contribution is -0.00605. The average molecular weight is 429 g/mol. The predicted octanol–water partition coefficient (Wildman–Crippen LogP) is 7.19. The molecule has 8 aliphatic carbocycles. The lowest BCUT2D eigenvalue weighted by Crippen LogP contribution is -2.48. The molecule has 8 bridgehead atoms. The second kappa shape index (κ2) is 6.05. The number of aromatic hydroxyl groups is 2. The van der Waals surface area contributed by atoms with Crippen LogP contribution >= 0.6 is 0 Å². The highest BCUT2D eigenvalue weighted by atomic mass is 16.3. The van der Waals surface area contributed by atoms with Crippen molar-refractivity contribution in [1.29, 1.82) is 0 Å². The summed E-state index contributed by atoms with van der Waals surface area (Å²) in [6.45, 7) is 0. The summed E-state index contributed by atoms with van der Waals surface area (Å²) in [4.78, 5) is 0. The Balaban J connectivity index is 1.27. The molecule has 0 heterocycles. The highest BCUT2D eigenvalue weighted by Gasteiger charge is 2.53. The van der Waals surface area contributed by atoms with Crippen LogP contribution < -0.4 is 0 Å². The molecule has 2 aromatic carbocycles. The summed E-state index contributed by atoms with van der Waals surface area (Å²) in [6.07, 6.45) is 16.2. The van der Waals surface area contributed by atoms with Gasteiger partial charge in [-0.15, -0.1) is 0 Å². The van der Waals surface area contributed by atoms with Crippen molar-refractivity contribution in [2.24, 2.45) is 35.5 Å². The Morgan fingerprint density at radius 3 is 1.53 bits per heavy atom. The zero-order chi connectivity index (χ0) is 21.2. The van der Waals surface area contributed by atoms with Gasteiger partial charge in [0.05, 0.1) is 0 Å². The number of phenolic OH excluding ortho intramolecular Hbond substituents is 2. The van der Waals surface area contributed by atoms with Gasteiger partial charge in [0.15, 0.2) is 0 Å². The van der Waals surface area contributed by atoms with Crippen LogP contribution in [0.1, 0.15) is 88.2 Å². The van der Waals surface area contributed by atoms with Crippen LogP contribution in [-0.2, 0) is 10.8 Å². The molecule has 0 aromatic heterocycles. The van der Waals surface area contributed by atoms with E-state index in [1.807, 2.05) is 0 Å². The molecule has 0 unspecified atom stereocenters. The second-order valence-electron chi connectivity index (χ2n) is 13.4. The van der Waals surface area contributed by atoms with E-state index in [1.54, 1.807) is 0 Å². The molecule has 0 radical (unpaired) electrons. The van der Waals surface area contributed by atoms with Crippen molar-refractivity contribution in [1.82, 2.24) is 0 Å². The molecule has 2 nitrogen and oxygen atoms in total. The van der Waals surface area contributed by atoms with E-state index in [-0.39, 0.29) is 10.8 Å². The van der Waals surface area contributed by atoms with Gasteiger partial charge in [-0.25, -0.2) is 0 Å². The van der Waals surface area contributed by atoms with Gasteiger partial charge in [-0.05, 0) is 141 Å². The summed E-state index contributed by atoms with van der Waals surface area (Å²) in [6, 6.07) is 8.66. The standard InChI is InChI=1S/C30H36O2/c31-27-10-23(29-11-17-3-18(12-29)5-19(4-17)13-29)9-25-24(27)1-2-26(28(25)32)30-14-20-6-21(15-30)8-22(7-20)16-30/h1-2,9-10,17-22,31-32H,3-8,11-16H2. The molecule has 168 valence electrons. The van der Waals surface area contributed by atoms with Crippen LogP contribution in [0.3, 0.4) is 0 Å². The Kier molecular flexibility index (Phi) is 3.53.